The molecule has 104 valence electrons. The SMILES string of the molecule is Cc1[nH]nc2c1c(=O)n(C[C@H](C)N)c1ccc(F)cc21. The van der Waals surface area contributed by atoms with Crippen LogP contribution in [0, 0.1) is 12.7 Å². The maximum Gasteiger partial charge on any atom is 0.262 e. The summed E-state index contributed by atoms with van der Waals surface area (Å²) in [7, 11) is 0. The molecule has 0 saturated carbocycles. The highest BCUT2D eigenvalue weighted by molar-refractivity contribution is 6.03. The van der Waals surface area contributed by atoms with Crippen molar-refractivity contribution < 1.29 is 4.39 Å². The van der Waals surface area contributed by atoms with Crippen LogP contribution in [-0.2, 0) is 6.54 Å². The van der Waals surface area contributed by atoms with Crippen molar-refractivity contribution in [2.24, 2.45) is 5.73 Å². The van der Waals surface area contributed by atoms with E-state index in [4.69, 9.17) is 5.73 Å². The number of pyridine rings is 1. The van der Waals surface area contributed by atoms with Crippen molar-refractivity contribution in [1.82, 2.24) is 14.8 Å². The summed E-state index contributed by atoms with van der Waals surface area (Å²) in [6.45, 7) is 3.98. The van der Waals surface area contributed by atoms with Crippen LogP contribution in [0.5, 0.6) is 0 Å². The number of H-pyrrole nitrogens is 1. The molecule has 1 atom stereocenters. The standard InChI is InChI=1S/C14H15FN4O/c1-7(16)6-19-11-4-3-9(15)5-10(11)13-12(14(19)20)8(2)17-18-13/h3-5,7H,6,16H2,1-2H3,(H,17,18)/t7-/m0/s1. The quantitative estimate of drug-likeness (QED) is 0.746. The van der Waals surface area contributed by atoms with Crippen LogP contribution in [0.4, 0.5) is 4.39 Å². The number of hydrogen-bond acceptors (Lipinski definition) is 3. The number of aromatic nitrogens is 3. The third-order valence-corrected chi connectivity index (χ3v) is 3.38. The zero-order valence-electron chi connectivity index (χ0n) is 11.3. The van der Waals surface area contributed by atoms with Gasteiger partial charge in [-0.3, -0.25) is 9.89 Å². The Kier molecular flexibility index (Phi) is 2.83. The number of halogens is 1. The second-order valence-electron chi connectivity index (χ2n) is 5.13. The van der Waals surface area contributed by atoms with Crippen LogP contribution in [0.2, 0.25) is 0 Å². The van der Waals surface area contributed by atoms with Crippen LogP contribution in [0.25, 0.3) is 21.8 Å². The molecule has 0 radical (unpaired) electrons. The molecular weight excluding hydrogens is 259 g/mol. The predicted octanol–water partition coefficient (Wildman–Crippen LogP) is 1.67. The zero-order chi connectivity index (χ0) is 14.4. The Balaban J connectivity index is 2.53. The van der Waals surface area contributed by atoms with Crippen molar-refractivity contribution >= 4 is 21.8 Å². The van der Waals surface area contributed by atoms with Crippen LogP contribution in [0.3, 0.4) is 0 Å². The Morgan fingerprint density at radius 1 is 1.50 bits per heavy atom. The molecule has 3 N–H and O–H groups in total. The van der Waals surface area contributed by atoms with Crippen LogP contribution < -0.4 is 11.3 Å². The van der Waals surface area contributed by atoms with Gasteiger partial charge in [0.2, 0.25) is 0 Å². The largest absolute Gasteiger partial charge is 0.326 e. The van der Waals surface area contributed by atoms with Gasteiger partial charge in [-0.15, -0.1) is 0 Å². The highest BCUT2D eigenvalue weighted by atomic mass is 19.1. The maximum atomic E-state index is 13.5. The number of fused-ring (bicyclic) bond motifs is 3. The average Bonchev–Trinajstić information content (AvgIpc) is 2.77. The first-order valence-corrected chi connectivity index (χ1v) is 6.41. The zero-order valence-corrected chi connectivity index (χ0v) is 11.3. The van der Waals surface area contributed by atoms with E-state index in [0.717, 1.165) is 0 Å². The minimum Gasteiger partial charge on any atom is -0.326 e. The molecule has 0 fully saturated rings. The van der Waals surface area contributed by atoms with Crippen molar-refractivity contribution in [3.63, 3.8) is 0 Å². The molecule has 3 aromatic rings. The van der Waals surface area contributed by atoms with Crippen molar-refractivity contribution in [2.75, 3.05) is 0 Å². The summed E-state index contributed by atoms with van der Waals surface area (Å²) in [6, 6.07) is 4.16. The summed E-state index contributed by atoms with van der Waals surface area (Å²) in [5.41, 5.74) is 7.49. The molecule has 5 nitrogen and oxygen atoms in total. The Bertz CT molecular complexity index is 863. The Morgan fingerprint density at radius 3 is 2.95 bits per heavy atom. The van der Waals surface area contributed by atoms with Gasteiger partial charge in [0.1, 0.15) is 11.3 Å². The minimum atomic E-state index is -0.356. The van der Waals surface area contributed by atoms with E-state index < -0.39 is 0 Å². The fraction of sp³-hybridized carbons (Fsp3) is 0.286. The molecule has 3 rings (SSSR count). The van der Waals surface area contributed by atoms with Crippen LogP contribution in [0.1, 0.15) is 12.6 Å². The molecule has 20 heavy (non-hydrogen) atoms. The van der Waals surface area contributed by atoms with Gasteiger partial charge in [0.05, 0.1) is 10.9 Å². The monoisotopic (exact) mass is 274 g/mol. The third-order valence-electron chi connectivity index (χ3n) is 3.38. The lowest BCUT2D eigenvalue weighted by molar-refractivity contribution is 0.591. The normalized spacial score (nSPS) is 13.2. The van der Waals surface area contributed by atoms with Crippen molar-refractivity contribution in [3.05, 3.63) is 40.1 Å². The lowest BCUT2D eigenvalue weighted by atomic mass is 10.1. The molecule has 2 aromatic heterocycles. The molecule has 0 aliphatic heterocycles. The second-order valence-corrected chi connectivity index (χ2v) is 5.13. The lowest BCUT2D eigenvalue weighted by Gasteiger charge is -2.13. The fourth-order valence-corrected chi connectivity index (χ4v) is 2.53. The molecule has 2 heterocycles. The van der Waals surface area contributed by atoms with Gasteiger partial charge in [0.15, 0.2) is 0 Å². The lowest BCUT2D eigenvalue weighted by Crippen LogP contribution is -2.30. The number of nitrogens with two attached hydrogens (primary N) is 1. The molecule has 0 amide bonds. The van der Waals surface area contributed by atoms with E-state index in [9.17, 15) is 9.18 Å². The number of nitrogens with zero attached hydrogens (tertiary/aromatic N) is 2. The Morgan fingerprint density at radius 2 is 2.25 bits per heavy atom. The summed E-state index contributed by atoms with van der Waals surface area (Å²) in [4.78, 5) is 12.6. The number of hydrogen-bond donors (Lipinski definition) is 2. The summed E-state index contributed by atoms with van der Waals surface area (Å²) in [5, 5.41) is 8.03. The molecule has 0 bridgehead atoms. The molecular formula is C14H15FN4O. The van der Waals surface area contributed by atoms with Gasteiger partial charge in [0.25, 0.3) is 5.56 Å². The van der Waals surface area contributed by atoms with Crippen molar-refractivity contribution in [3.8, 4) is 0 Å². The first-order chi connectivity index (χ1) is 9.49. The topological polar surface area (TPSA) is 76.7 Å². The summed E-state index contributed by atoms with van der Waals surface area (Å²) in [5.74, 6) is -0.356. The second kappa shape index (κ2) is 4.42. The van der Waals surface area contributed by atoms with Crippen molar-refractivity contribution in [2.45, 2.75) is 26.4 Å². The summed E-state index contributed by atoms with van der Waals surface area (Å²) < 4.78 is 15.1. The maximum absolute atomic E-state index is 13.5. The number of aryl methyl sites for hydroxylation is 1. The van der Waals surface area contributed by atoms with Crippen molar-refractivity contribution in [1.29, 1.82) is 0 Å². The minimum absolute atomic E-state index is 0.150. The van der Waals surface area contributed by atoms with Crippen LogP contribution in [0.15, 0.2) is 23.0 Å². The highest BCUT2D eigenvalue weighted by Gasteiger charge is 2.16. The molecule has 0 aliphatic carbocycles. The first-order valence-electron chi connectivity index (χ1n) is 6.41. The Hall–Kier alpha value is -2.21. The molecule has 0 spiro atoms. The van der Waals surface area contributed by atoms with Gasteiger partial charge in [0, 0.05) is 23.7 Å². The fourth-order valence-electron chi connectivity index (χ4n) is 2.53. The van der Waals surface area contributed by atoms with Gasteiger partial charge >= 0.3 is 0 Å². The van der Waals surface area contributed by atoms with Gasteiger partial charge < -0.3 is 10.3 Å². The third kappa shape index (κ3) is 1.80. The number of benzene rings is 1. The van der Waals surface area contributed by atoms with Crippen LogP contribution in [-0.4, -0.2) is 20.8 Å². The van der Waals surface area contributed by atoms with Gasteiger partial charge in [-0.1, -0.05) is 0 Å². The van der Waals surface area contributed by atoms with Gasteiger partial charge in [-0.25, -0.2) is 4.39 Å². The number of nitrogens with one attached hydrogen (secondary N) is 1. The van der Waals surface area contributed by atoms with E-state index in [1.54, 1.807) is 17.6 Å². The molecule has 6 heteroatoms. The van der Waals surface area contributed by atoms with Gasteiger partial charge in [-0.2, -0.15) is 5.10 Å². The molecule has 0 unspecified atom stereocenters. The highest BCUT2D eigenvalue weighted by Crippen LogP contribution is 2.23. The van der Waals surface area contributed by atoms with Crippen LogP contribution >= 0.6 is 0 Å². The molecule has 0 aliphatic rings. The van der Waals surface area contributed by atoms with E-state index in [-0.39, 0.29) is 17.4 Å². The smallest absolute Gasteiger partial charge is 0.262 e. The van der Waals surface area contributed by atoms with E-state index >= 15 is 0 Å². The van der Waals surface area contributed by atoms with E-state index in [2.05, 4.69) is 10.2 Å². The summed E-state index contributed by atoms with van der Waals surface area (Å²) >= 11 is 0. The van der Waals surface area contributed by atoms with E-state index in [1.165, 1.54) is 12.1 Å². The van der Waals surface area contributed by atoms with Gasteiger partial charge in [-0.05, 0) is 32.0 Å². The van der Waals surface area contributed by atoms with E-state index in [0.29, 0.717) is 34.0 Å². The molecule has 0 saturated heterocycles. The predicted molar refractivity (Wildman–Crippen MR) is 76.2 cm³/mol. The molecule has 1 aromatic carbocycles. The Labute approximate surface area is 114 Å². The van der Waals surface area contributed by atoms with E-state index in [1.807, 2.05) is 6.92 Å². The number of rotatable bonds is 2. The number of aromatic amines is 1. The average molecular weight is 274 g/mol. The first kappa shape index (κ1) is 12.8. The summed E-state index contributed by atoms with van der Waals surface area (Å²) in [6.07, 6.45) is 0.